The molecule has 0 spiro atoms. The Kier molecular flexibility index (Phi) is 4.62. The van der Waals surface area contributed by atoms with Crippen molar-refractivity contribution in [2.45, 2.75) is 18.7 Å². The Morgan fingerprint density at radius 1 is 1.65 bits per heavy atom. The summed E-state index contributed by atoms with van der Waals surface area (Å²) in [6.45, 7) is 0. The first-order valence-electron chi connectivity index (χ1n) is 4.61. The summed E-state index contributed by atoms with van der Waals surface area (Å²) < 4.78 is 30.6. The molecule has 0 saturated carbocycles. The van der Waals surface area contributed by atoms with E-state index in [9.17, 15) is 13.6 Å². The predicted octanol–water partition coefficient (Wildman–Crippen LogP) is 2.39. The van der Waals surface area contributed by atoms with Crippen molar-refractivity contribution in [3.05, 3.63) is 22.9 Å². The van der Waals surface area contributed by atoms with E-state index in [0.29, 0.717) is 0 Å². The molecule has 0 atom stereocenters. The Morgan fingerprint density at radius 2 is 2.29 bits per heavy atom. The van der Waals surface area contributed by atoms with Gasteiger partial charge in [-0.1, -0.05) is 0 Å². The predicted molar refractivity (Wildman–Crippen MR) is 56.6 cm³/mol. The Hall–Kier alpha value is -1.43. The van der Waals surface area contributed by atoms with Gasteiger partial charge >= 0.3 is 5.97 Å². The highest BCUT2D eigenvalue weighted by molar-refractivity contribution is 6.17. The number of carboxylic acids is 1. The molecule has 1 heterocycles. The summed E-state index contributed by atoms with van der Waals surface area (Å²) in [6, 6.07) is 0. The molecule has 17 heavy (non-hydrogen) atoms. The number of alkyl halides is 3. The number of hydrogen-bond acceptors (Lipinski definition) is 3. The van der Waals surface area contributed by atoms with Crippen molar-refractivity contribution in [3.8, 4) is 5.88 Å². The van der Waals surface area contributed by atoms with Gasteiger partial charge in [0.1, 0.15) is 0 Å². The van der Waals surface area contributed by atoms with Gasteiger partial charge in [0.25, 0.3) is 6.43 Å². The fraction of sp³-hybridized carbons (Fsp3) is 0.400. The van der Waals surface area contributed by atoms with E-state index in [-0.39, 0.29) is 22.9 Å². The van der Waals surface area contributed by atoms with E-state index < -0.39 is 24.4 Å². The van der Waals surface area contributed by atoms with Crippen LogP contribution in [0.3, 0.4) is 0 Å². The summed E-state index contributed by atoms with van der Waals surface area (Å²) in [4.78, 5) is 14.4. The molecule has 0 saturated heterocycles. The van der Waals surface area contributed by atoms with Gasteiger partial charge in [0.15, 0.2) is 0 Å². The molecular weight excluding hydrogens is 256 g/mol. The molecule has 1 aromatic rings. The minimum absolute atomic E-state index is 0.110. The highest BCUT2D eigenvalue weighted by Crippen LogP contribution is 2.32. The van der Waals surface area contributed by atoms with Crippen LogP contribution in [-0.2, 0) is 17.1 Å². The maximum atomic E-state index is 12.9. The van der Waals surface area contributed by atoms with Crippen molar-refractivity contribution >= 4 is 17.6 Å². The fourth-order valence-corrected chi connectivity index (χ4v) is 1.68. The standard InChI is InChI=1S/C10H10ClF2NO3/c1-17-10-6(2-7(15)16)8(9(12)13)5(3-11)4-14-10/h4,9H,2-3H2,1H3,(H,15,16). The van der Waals surface area contributed by atoms with E-state index in [1.165, 1.54) is 13.3 Å². The molecule has 0 bridgehead atoms. The number of rotatable bonds is 5. The van der Waals surface area contributed by atoms with E-state index in [1.54, 1.807) is 0 Å². The van der Waals surface area contributed by atoms with Crippen LogP contribution in [-0.4, -0.2) is 23.2 Å². The third-order valence-electron chi connectivity index (χ3n) is 2.15. The molecule has 1 aromatic heterocycles. The van der Waals surface area contributed by atoms with Crippen molar-refractivity contribution in [3.63, 3.8) is 0 Å². The normalized spacial score (nSPS) is 10.6. The lowest BCUT2D eigenvalue weighted by molar-refractivity contribution is -0.136. The molecule has 0 aromatic carbocycles. The number of carboxylic acid groups (broad SMARTS) is 1. The molecule has 1 rings (SSSR count). The first-order chi connectivity index (χ1) is 8.01. The lowest BCUT2D eigenvalue weighted by atomic mass is 10.0. The molecule has 7 heteroatoms. The van der Waals surface area contributed by atoms with Crippen molar-refractivity contribution in [1.29, 1.82) is 0 Å². The van der Waals surface area contributed by atoms with Gasteiger partial charge in [-0.05, 0) is 5.56 Å². The van der Waals surface area contributed by atoms with Crippen LogP contribution >= 0.6 is 11.6 Å². The molecule has 0 amide bonds. The number of halogens is 3. The highest BCUT2D eigenvalue weighted by Gasteiger charge is 2.23. The molecule has 0 aliphatic rings. The minimum atomic E-state index is -2.82. The van der Waals surface area contributed by atoms with Gasteiger partial charge in [0.2, 0.25) is 5.88 Å². The maximum Gasteiger partial charge on any atom is 0.308 e. The topological polar surface area (TPSA) is 59.4 Å². The number of aliphatic carboxylic acids is 1. The maximum absolute atomic E-state index is 12.9. The zero-order chi connectivity index (χ0) is 13.0. The Labute approximate surface area is 101 Å². The average Bonchev–Trinajstić information content (AvgIpc) is 2.27. The average molecular weight is 266 g/mol. The lowest BCUT2D eigenvalue weighted by Crippen LogP contribution is -2.10. The van der Waals surface area contributed by atoms with Gasteiger partial charge in [-0.15, -0.1) is 11.6 Å². The largest absolute Gasteiger partial charge is 0.481 e. The van der Waals surface area contributed by atoms with Gasteiger partial charge in [0, 0.05) is 23.2 Å². The van der Waals surface area contributed by atoms with Crippen molar-refractivity contribution in [2.75, 3.05) is 7.11 Å². The lowest BCUT2D eigenvalue weighted by Gasteiger charge is -2.14. The molecular formula is C10H10ClF2NO3. The molecule has 0 aliphatic carbocycles. The van der Waals surface area contributed by atoms with E-state index in [2.05, 4.69) is 4.98 Å². The van der Waals surface area contributed by atoms with Crippen LogP contribution in [0.5, 0.6) is 5.88 Å². The molecule has 0 unspecified atom stereocenters. The first kappa shape index (κ1) is 13.6. The van der Waals surface area contributed by atoms with E-state index in [1.807, 2.05) is 0 Å². The second-order valence-corrected chi connectivity index (χ2v) is 3.46. The molecule has 4 nitrogen and oxygen atoms in total. The SMILES string of the molecule is COc1ncc(CCl)c(C(F)F)c1CC(=O)O. The quantitative estimate of drug-likeness (QED) is 0.831. The fourth-order valence-electron chi connectivity index (χ4n) is 1.47. The highest BCUT2D eigenvalue weighted by atomic mass is 35.5. The number of methoxy groups -OCH3 is 1. The zero-order valence-electron chi connectivity index (χ0n) is 8.91. The Bertz CT molecular complexity index is 426. The van der Waals surface area contributed by atoms with Gasteiger partial charge in [-0.3, -0.25) is 4.79 Å². The van der Waals surface area contributed by atoms with E-state index in [4.69, 9.17) is 21.4 Å². The molecule has 0 radical (unpaired) electrons. The van der Waals surface area contributed by atoms with E-state index in [0.717, 1.165) is 0 Å². The second-order valence-electron chi connectivity index (χ2n) is 3.19. The number of nitrogens with zero attached hydrogens (tertiary/aromatic N) is 1. The van der Waals surface area contributed by atoms with Gasteiger partial charge in [-0.25, -0.2) is 13.8 Å². The van der Waals surface area contributed by atoms with Crippen LogP contribution < -0.4 is 4.74 Å². The van der Waals surface area contributed by atoms with Crippen LogP contribution in [0.1, 0.15) is 23.1 Å². The van der Waals surface area contributed by atoms with Crippen LogP contribution in [0.2, 0.25) is 0 Å². The Balaban J connectivity index is 3.40. The summed E-state index contributed by atoms with van der Waals surface area (Å²) in [6.07, 6.45) is -2.24. The Morgan fingerprint density at radius 3 is 2.71 bits per heavy atom. The molecule has 1 N–H and O–H groups in total. The monoisotopic (exact) mass is 265 g/mol. The van der Waals surface area contributed by atoms with Crippen LogP contribution in [0.4, 0.5) is 8.78 Å². The zero-order valence-corrected chi connectivity index (χ0v) is 9.67. The first-order valence-corrected chi connectivity index (χ1v) is 5.15. The van der Waals surface area contributed by atoms with Gasteiger partial charge in [0.05, 0.1) is 13.5 Å². The summed E-state index contributed by atoms with van der Waals surface area (Å²) >= 11 is 5.52. The number of hydrogen-bond donors (Lipinski definition) is 1. The van der Waals surface area contributed by atoms with Crippen molar-refractivity contribution < 1.29 is 23.4 Å². The van der Waals surface area contributed by atoms with E-state index >= 15 is 0 Å². The van der Waals surface area contributed by atoms with Gasteiger partial charge < -0.3 is 9.84 Å². The third kappa shape index (κ3) is 3.03. The van der Waals surface area contributed by atoms with Crippen molar-refractivity contribution in [2.24, 2.45) is 0 Å². The van der Waals surface area contributed by atoms with Crippen LogP contribution in [0, 0.1) is 0 Å². The number of ether oxygens (including phenoxy) is 1. The van der Waals surface area contributed by atoms with Crippen LogP contribution in [0.25, 0.3) is 0 Å². The van der Waals surface area contributed by atoms with Gasteiger partial charge in [-0.2, -0.15) is 0 Å². The second kappa shape index (κ2) is 5.77. The van der Waals surface area contributed by atoms with Crippen LogP contribution in [0.15, 0.2) is 6.20 Å². The smallest absolute Gasteiger partial charge is 0.308 e. The number of pyridine rings is 1. The third-order valence-corrected chi connectivity index (χ3v) is 2.44. The number of carbonyl (C=O) groups is 1. The molecule has 0 aliphatic heterocycles. The van der Waals surface area contributed by atoms with Crippen molar-refractivity contribution in [1.82, 2.24) is 4.98 Å². The summed E-state index contributed by atoms with van der Waals surface area (Å²) in [5, 5.41) is 8.70. The summed E-state index contributed by atoms with van der Waals surface area (Å²) in [5.41, 5.74) is -0.430. The molecule has 94 valence electrons. The number of aromatic nitrogens is 1. The summed E-state index contributed by atoms with van der Waals surface area (Å²) in [7, 11) is 1.24. The summed E-state index contributed by atoms with van der Waals surface area (Å²) in [5.74, 6) is -1.51. The molecule has 0 fully saturated rings. The minimum Gasteiger partial charge on any atom is -0.481 e.